The minimum atomic E-state index is 0.129. The van der Waals surface area contributed by atoms with E-state index in [1.807, 2.05) is 47.7 Å². The van der Waals surface area contributed by atoms with Crippen LogP contribution in [0.15, 0.2) is 40.4 Å². The zero-order valence-corrected chi connectivity index (χ0v) is 16.0. The Morgan fingerprint density at radius 2 is 2.00 bits per heavy atom. The number of aryl methyl sites for hydroxylation is 1. The first-order valence-corrected chi connectivity index (χ1v) is 9.84. The zero-order valence-electron chi connectivity index (χ0n) is 15.2. The van der Waals surface area contributed by atoms with Crippen molar-refractivity contribution in [2.75, 3.05) is 19.6 Å². The van der Waals surface area contributed by atoms with Crippen molar-refractivity contribution < 1.29 is 9.32 Å². The predicted octanol–water partition coefficient (Wildman–Crippen LogP) is 2.74. The van der Waals surface area contributed by atoms with Gasteiger partial charge in [0.05, 0.1) is 17.7 Å². The summed E-state index contributed by atoms with van der Waals surface area (Å²) in [5, 5.41) is 4.04. The van der Waals surface area contributed by atoms with E-state index in [1.54, 1.807) is 11.3 Å². The summed E-state index contributed by atoms with van der Waals surface area (Å²) >= 11 is 1.67. The molecule has 7 nitrogen and oxygen atoms in total. The molecule has 0 atom stereocenters. The maximum absolute atomic E-state index is 12.5. The molecule has 1 fully saturated rings. The largest absolute Gasteiger partial charge is 0.334 e. The number of rotatable bonds is 5. The van der Waals surface area contributed by atoms with Gasteiger partial charge in [0, 0.05) is 43.0 Å². The van der Waals surface area contributed by atoms with Crippen molar-refractivity contribution in [2.45, 2.75) is 26.4 Å². The molecule has 1 aromatic carbocycles. The molecular weight excluding hydrogens is 362 g/mol. The second kappa shape index (κ2) is 7.98. The van der Waals surface area contributed by atoms with Crippen molar-refractivity contribution in [3.63, 3.8) is 0 Å². The minimum absolute atomic E-state index is 0.129. The lowest BCUT2D eigenvalue weighted by Gasteiger charge is -2.20. The van der Waals surface area contributed by atoms with Crippen LogP contribution in [0.25, 0.3) is 11.5 Å². The van der Waals surface area contributed by atoms with Gasteiger partial charge in [-0.3, -0.25) is 9.69 Å². The highest BCUT2D eigenvalue weighted by atomic mass is 32.1. The van der Waals surface area contributed by atoms with Crippen LogP contribution in [-0.4, -0.2) is 50.5 Å². The van der Waals surface area contributed by atoms with Crippen LogP contribution in [0.2, 0.25) is 0 Å². The molecule has 0 bridgehead atoms. The smallest absolute Gasteiger partial charge is 0.257 e. The zero-order chi connectivity index (χ0) is 18.6. The van der Waals surface area contributed by atoms with Crippen LogP contribution in [0.5, 0.6) is 0 Å². The standard InChI is InChI=1S/C19H21N5O2S/c1-14-16(27-13-20-14)11-23-8-7-18(25)24(10-9-23)12-17-21-19(26-22-17)15-5-3-2-4-6-15/h2-6,13H,7-12H2,1H3. The highest BCUT2D eigenvalue weighted by Crippen LogP contribution is 2.19. The third-order valence-electron chi connectivity index (χ3n) is 4.71. The molecule has 0 aliphatic carbocycles. The van der Waals surface area contributed by atoms with Crippen LogP contribution < -0.4 is 0 Å². The summed E-state index contributed by atoms with van der Waals surface area (Å²) in [5.74, 6) is 1.15. The summed E-state index contributed by atoms with van der Waals surface area (Å²) < 4.78 is 5.35. The molecule has 1 aliphatic heterocycles. The maximum atomic E-state index is 12.5. The fourth-order valence-corrected chi connectivity index (χ4v) is 3.92. The van der Waals surface area contributed by atoms with E-state index < -0.39 is 0 Å². The quantitative estimate of drug-likeness (QED) is 0.674. The third kappa shape index (κ3) is 4.23. The van der Waals surface area contributed by atoms with Crippen molar-refractivity contribution in [1.29, 1.82) is 0 Å². The van der Waals surface area contributed by atoms with Gasteiger partial charge in [0.1, 0.15) is 0 Å². The number of amides is 1. The minimum Gasteiger partial charge on any atom is -0.334 e. The van der Waals surface area contributed by atoms with Crippen LogP contribution in [0.3, 0.4) is 0 Å². The molecule has 1 amide bonds. The SMILES string of the molecule is Cc1ncsc1CN1CCC(=O)N(Cc2noc(-c3ccccc3)n2)CC1. The lowest BCUT2D eigenvalue weighted by Crippen LogP contribution is -2.33. The van der Waals surface area contributed by atoms with E-state index in [0.29, 0.717) is 31.2 Å². The maximum Gasteiger partial charge on any atom is 0.257 e. The Balaban J connectivity index is 1.39. The van der Waals surface area contributed by atoms with E-state index >= 15 is 0 Å². The molecular formula is C19H21N5O2S. The van der Waals surface area contributed by atoms with Crippen LogP contribution in [0.4, 0.5) is 0 Å². The Hall–Kier alpha value is -2.58. The normalized spacial score (nSPS) is 15.9. The second-order valence-electron chi connectivity index (χ2n) is 6.58. The monoisotopic (exact) mass is 383 g/mol. The molecule has 1 saturated heterocycles. The number of hydrogen-bond acceptors (Lipinski definition) is 7. The van der Waals surface area contributed by atoms with E-state index in [-0.39, 0.29) is 5.91 Å². The molecule has 2 aromatic heterocycles. The first-order chi connectivity index (χ1) is 13.2. The highest BCUT2D eigenvalue weighted by Gasteiger charge is 2.23. The number of nitrogens with zero attached hydrogens (tertiary/aromatic N) is 5. The summed E-state index contributed by atoms with van der Waals surface area (Å²) in [7, 11) is 0. The van der Waals surface area contributed by atoms with Gasteiger partial charge in [-0.05, 0) is 19.1 Å². The number of aromatic nitrogens is 3. The van der Waals surface area contributed by atoms with Gasteiger partial charge in [-0.1, -0.05) is 23.4 Å². The summed E-state index contributed by atoms with van der Waals surface area (Å²) in [6.45, 7) is 5.49. The Morgan fingerprint density at radius 1 is 1.15 bits per heavy atom. The van der Waals surface area contributed by atoms with Crippen LogP contribution in [-0.2, 0) is 17.9 Å². The van der Waals surface area contributed by atoms with Gasteiger partial charge in [0.2, 0.25) is 5.91 Å². The van der Waals surface area contributed by atoms with Gasteiger partial charge in [-0.25, -0.2) is 4.98 Å². The average molecular weight is 383 g/mol. The number of benzene rings is 1. The van der Waals surface area contributed by atoms with Crippen LogP contribution in [0.1, 0.15) is 22.8 Å². The lowest BCUT2D eigenvalue weighted by atomic mass is 10.2. The molecule has 4 rings (SSSR count). The topological polar surface area (TPSA) is 75.4 Å². The first-order valence-electron chi connectivity index (χ1n) is 8.96. The average Bonchev–Trinajstić information content (AvgIpc) is 3.28. The first kappa shape index (κ1) is 17.8. The Bertz CT molecular complexity index is 908. The molecule has 0 N–H and O–H groups in total. The predicted molar refractivity (Wildman–Crippen MR) is 102 cm³/mol. The van der Waals surface area contributed by atoms with Gasteiger partial charge in [-0.2, -0.15) is 4.98 Å². The molecule has 0 saturated carbocycles. The van der Waals surface area contributed by atoms with Gasteiger partial charge in [0.25, 0.3) is 5.89 Å². The fraction of sp³-hybridized carbons (Fsp3) is 0.368. The van der Waals surface area contributed by atoms with Crippen molar-refractivity contribution in [3.05, 3.63) is 52.2 Å². The Kier molecular flexibility index (Phi) is 5.26. The lowest BCUT2D eigenvalue weighted by molar-refractivity contribution is -0.131. The van der Waals surface area contributed by atoms with Gasteiger partial charge >= 0.3 is 0 Å². The van der Waals surface area contributed by atoms with E-state index in [1.165, 1.54) is 4.88 Å². The number of carbonyl (C=O) groups excluding carboxylic acids is 1. The van der Waals surface area contributed by atoms with E-state index in [0.717, 1.165) is 30.9 Å². The number of thiazole rings is 1. The van der Waals surface area contributed by atoms with Crippen LogP contribution >= 0.6 is 11.3 Å². The van der Waals surface area contributed by atoms with Gasteiger partial charge in [0.15, 0.2) is 5.82 Å². The fourth-order valence-electron chi connectivity index (χ4n) is 3.10. The van der Waals surface area contributed by atoms with Gasteiger partial charge in [-0.15, -0.1) is 11.3 Å². The Labute approximate surface area is 161 Å². The van der Waals surface area contributed by atoms with Crippen molar-refractivity contribution >= 4 is 17.2 Å². The molecule has 27 heavy (non-hydrogen) atoms. The second-order valence-corrected chi connectivity index (χ2v) is 7.52. The summed E-state index contributed by atoms with van der Waals surface area (Å²) in [6.07, 6.45) is 0.501. The molecule has 0 spiro atoms. The molecule has 140 valence electrons. The van der Waals surface area contributed by atoms with Crippen LogP contribution in [0, 0.1) is 6.92 Å². The third-order valence-corrected chi connectivity index (χ3v) is 5.63. The summed E-state index contributed by atoms with van der Waals surface area (Å²) in [6, 6.07) is 9.64. The van der Waals surface area contributed by atoms with E-state index in [2.05, 4.69) is 20.0 Å². The van der Waals surface area contributed by atoms with E-state index in [4.69, 9.17) is 4.52 Å². The molecule has 8 heteroatoms. The van der Waals surface area contributed by atoms with Crippen molar-refractivity contribution in [1.82, 2.24) is 24.9 Å². The number of hydrogen-bond donors (Lipinski definition) is 0. The molecule has 3 heterocycles. The van der Waals surface area contributed by atoms with Gasteiger partial charge < -0.3 is 9.42 Å². The molecule has 0 unspecified atom stereocenters. The summed E-state index contributed by atoms with van der Waals surface area (Å²) in [4.78, 5) is 26.7. The highest BCUT2D eigenvalue weighted by molar-refractivity contribution is 7.09. The van der Waals surface area contributed by atoms with E-state index in [9.17, 15) is 4.79 Å². The number of carbonyl (C=O) groups is 1. The molecule has 0 radical (unpaired) electrons. The Morgan fingerprint density at radius 3 is 2.78 bits per heavy atom. The molecule has 3 aromatic rings. The van der Waals surface area contributed by atoms with Crippen molar-refractivity contribution in [2.24, 2.45) is 0 Å². The molecule has 1 aliphatic rings. The van der Waals surface area contributed by atoms with Crippen molar-refractivity contribution in [3.8, 4) is 11.5 Å². The summed E-state index contributed by atoms with van der Waals surface area (Å²) in [5.41, 5.74) is 3.83.